The van der Waals surface area contributed by atoms with Crippen molar-refractivity contribution in [1.82, 2.24) is 19.4 Å². The lowest BCUT2D eigenvalue weighted by atomic mass is 9.89. The molecule has 1 atom stereocenters. The summed E-state index contributed by atoms with van der Waals surface area (Å²) in [6, 6.07) is 5.05. The maximum atomic E-state index is 15.9. The van der Waals surface area contributed by atoms with E-state index in [0.717, 1.165) is 6.07 Å². The van der Waals surface area contributed by atoms with Gasteiger partial charge in [-0.25, -0.2) is 9.37 Å². The van der Waals surface area contributed by atoms with Gasteiger partial charge in [-0.15, -0.1) is 12.4 Å². The molecule has 3 aromatic rings. The fourth-order valence-electron chi connectivity index (χ4n) is 4.63. The molecular weight excluding hydrogens is 498 g/mol. The van der Waals surface area contributed by atoms with Gasteiger partial charge in [-0.3, -0.25) is 14.8 Å². The lowest BCUT2D eigenvalue weighted by molar-refractivity contribution is -0.138. The van der Waals surface area contributed by atoms with Gasteiger partial charge in [0.15, 0.2) is 11.2 Å². The first kappa shape index (κ1) is 27.6. The van der Waals surface area contributed by atoms with E-state index in [2.05, 4.69) is 15.0 Å². The smallest absolute Gasteiger partial charge is 0.343 e. The van der Waals surface area contributed by atoms with Gasteiger partial charge in [0.1, 0.15) is 0 Å². The largest absolute Gasteiger partial charge is 0.416 e. The van der Waals surface area contributed by atoms with Crippen molar-refractivity contribution in [2.24, 2.45) is 12.0 Å². The number of pyridine rings is 1. The summed E-state index contributed by atoms with van der Waals surface area (Å²) in [5, 5.41) is 0.558. The maximum Gasteiger partial charge on any atom is 0.416 e. The highest BCUT2D eigenvalue weighted by Gasteiger charge is 2.38. The predicted octanol–water partition coefficient (Wildman–Crippen LogP) is 5.19. The topological polar surface area (TPSA) is 63.4 Å². The molecular formula is C25H28ClF4N5O. The van der Waals surface area contributed by atoms with E-state index in [1.54, 1.807) is 48.1 Å². The van der Waals surface area contributed by atoms with Crippen molar-refractivity contribution in [3.05, 3.63) is 64.7 Å². The Morgan fingerprint density at radius 2 is 1.86 bits per heavy atom. The molecule has 3 heterocycles. The van der Waals surface area contributed by atoms with Gasteiger partial charge in [0.25, 0.3) is 0 Å². The molecule has 4 rings (SSSR count). The number of nitrogens with zero attached hydrogens (tertiary/aromatic N) is 5. The summed E-state index contributed by atoms with van der Waals surface area (Å²) in [4.78, 5) is 26.6. The zero-order valence-electron chi connectivity index (χ0n) is 20.4. The Hall–Kier alpha value is -3.01. The van der Waals surface area contributed by atoms with E-state index in [-0.39, 0.29) is 42.4 Å². The number of carbonyl (C=O) groups is 1. The van der Waals surface area contributed by atoms with Crippen molar-refractivity contribution in [1.29, 1.82) is 0 Å². The minimum absolute atomic E-state index is 0. The van der Waals surface area contributed by atoms with Crippen LogP contribution in [0.4, 0.5) is 17.6 Å². The molecule has 1 aliphatic heterocycles. The summed E-state index contributed by atoms with van der Waals surface area (Å²) < 4.78 is 57.8. The Morgan fingerprint density at radius 3 is 2.47 bits per heavy atom. The molecule has 0 spiro atoms. The summed E-state index contributed by atoms with van der Waals surface area (Å²) in [6.07, 6.45) is -1.10. The summed E-state index contributed by atoms with van der Waals surface area (Å²) >= 11 is 0. The maximum absolute atomic E-state index is 15.9. The Bertz CT molecular complexity index is 1350. The van der Waals surface area contributed by atoms with Crippen LogP contribution in [0.1, 0.15) is 55.1 Å². The summed E-state index contributed by atoms with van der Waals surface area (Å²) in [6.45, 7) is 5.21. The Balaban J connectivity index is 0.00000361. The van der Waals surface area contributed by atoms with Crippen LogP contribution in [0, 0.1) is 6.92 Å². The van der Waals surface area contributed by atoms with E-state index < -0.39 is 23.5 Å². The summed E-state index contributed by atoms with van der Waals surface area (Å²) in [5.74, 6) is -0.0882. The van der Waals surface area contributed by atoms with Gasteiger partial charge < -0.3 is 9.47 Å². The van der Waals surface area contributed by atoms with Crippen molar-refractivity contribution in [3.8, 4) is 0 Å². The lowest BCUT2D eigenvalue weighted by Crippen LogP contribution is -2.42. The van der Waals surface area contributed by atoms with Crippen LogP contribution in [0.5, 0.6) is 0 Å². The first-order valence-electron chi connectivity index (χ1n) is 11.4. The van der Waals surface area contributed by atoms with Gasteiger partial charge in [0, 0.05) is 45.3 Å². The highest BCUT2D eigenvalue weighted by Crippen LogP contribution is 2.37. The van der Waals surface area contributed by atoms with E-state index in [1.807, 2.05) is 0 Å². The van der Waals surface area contributed by atoms with Crippen LogP contribution in [0.2, 0.25) is 0 Å². The van der Waals surface area contributed by atoms with Crippen LogP contribution >= 0.6 is 12.4 Å². The minimum Gasteiger partial charge on any atom is -0.343 e. The van der Waals surface area contributed by atoms with E-state index in [1.165, 1.54) is 19.9 Å². The Kier molecular flexibility index (Phi) is 7.78. The third-order valence-corrected chi connectivity index (χ3v) is 6.76. The fourth-order valence-corrected chi connectivity index (χ4v) is 4.63. The Labute approximate surface area is 212 Å². The molecule has 0 unspecified atom stereocenters. The molecule has 1 aromatic carbocycles. The van der Waals surface area contributed by atoms with Gasteiger partial charge in [-0.05, 0) is 37.1 Å². The van der Waals surface area contributed by atoms with Crippen molar-refractivity contribution in [2.45, 2.75) is 51.5 Å². The van der Waals surface area contributed by atoms with Gasteiger partial charge in [-0.2, -0.15) is 13.2 Å². The number of hydrogen-bond donors (Lipinski definition) is 0. The van der Waals surface area contributed by atoms with Crippen molar-refractivity contribution in [2.75, 3.05) is 13.1 Å². The van der Waals surface area contributed by atoms with E-state index in [0.29, 0.717) is 35.0 Å². The molecule has 0 N–H and O–H groups in total. The van der Waals surface area contributed by atoms with E-state index in [4.69, 9.17) is 0 Å². The van der Waals surface area contributed by atoms with Gasteiger partial charge in [0.05, 0.1) is 35.3 Å². The number of halogens is 5. The number of aromatic nitrogens is 3. The second-order valence-corrected chi connectivity index (χ2v) is 9.06. The van der Waals surface area contributed by atoms with Crippen molar-refractivity contribution in [3.63, 3.8) is 0 Å². The third kappa shape index (κ3) is 5.23. The molecule has 1 fully saturated rings. The normalized spacial score (nSPS) is 17.1. The van der Waals surface area contributed by atoms with Crippen LogP contribution < -0.4 is 5.49 Å². The number of aryl methyl sites for hydroxylation is 1. The van der Waals surface area contributed by atoms with Crippen LogP contribution in [0.25, 0.3) is 10.9 Å². The van der Waals surface area contributed by atoms with E-state index >= 15 is 4.39 Å². The molecule has 1 saturated heterocycles. The zero-order valence-corrected chi connectivity index (χ0v) is 21.3. The number of benzene rings is 1. The molecule has 1 amide bonds. The molecule has 0 bridgehead atoms. The number of rotatable bonds is 3. The van der Waals surface area contributed by atoms with Crippen LogP contribution in [-0.4, -0.2) is 38.4 Å². The summed E-state index contributed by atoms with van der Waals surface area (Å²) in [5.41, 5.74) is -0.636. The number of piperidine rings is 1. The highest BCUT2D eigenvalue weighted by atomic mass is 35.5. The molecule has 2 aromatic heterocycles. The van der Waals surface area contributed by atoms with Crippen LogP contribution in [0.3, 0.4) is 0 Å². The lowest BCUT2D eigenvalue weighted by Gasteiger charge is -2.35. The second-order valence-electron chi connectivity index (χ2n) is 9.06. The number of amides is 1. The van der Waals surface area contributed by atoms with Crippen molar-refractivity contribution >= 4 is 29.2 Å². The second kappa shape index (κ2) is 10.2. The number of fused-ring (bicyclic) bond motifs is 1. The molecule has 11 heteroatoms. The number of hydrogen-bond acceptors (Lipinski definition) is 4. The van der Waals surface area contributed by atoms with Gasteiger partial charge in [-0.1, -0.05) is 12.1 Å². The third-order valence-electron chi connectivity index (χ3n) is 6.76. The number of alkyl halides is 4. The first-order valence-corrected chi connectivity index (χ1v) is 11.4. The fraction of sp³-hybridized carbons (Fsp3) is 0.440. The predicted molar refractivity (Wildman–Crippen MR) is 130 cm³/mol. The highest BCUT2D eigenvalue weighted by molar-refractivity contribution is 5.85. The average molecular weight is 526 g/mol. The first-order chi connectivity index (χ1) is 16.4. The Morgan fingerprint density at radius 1 is 1.19 bits per heavy atom. The zero-order chi connectivity index (χ0) is 25.5. The standard InChI is InChI=1S/C25H27F4N5O.ClH/c1-15-18(6-5-7-20(15)25(27,28)29)16(2)32-23-19-12-22(30-13-21(19)33(4)14-31-23)24(26)8-10-34(11-9-24)17(3)35;/h5-7,12-14,16H,8-11H2,1-4H3;1H/b32-23-;/t16-;/m1./s1. The van der Waals surface area contributed by atoms with Gasteiger partial charge >= 0.3 is 6.18 Å². The monoisotopic (exact) mass is 525 g/mol. The van der Waals surface area contributed by atoms with E-state index in [9.17, 15) is 18.0 Å². The molecule has 0 saturated carbocycles. The molecule has 36 heavy (non-hydrogen) atoms. The number of carbonyl (C=O) groups excluding carboxylic acids is 1. The molecule has 1 aliphatic rings. The molecule has 194 valence electrons. The van der Waals surface area contributed by atoms with Crippen LogP contribution in [0.15, 0.2) is 41.8 Å². The minimum atomic E-state index is -4.46. The number of likely N-dealkylation sites (tertiary alicyclic amines) is 1. The van der Waals surface area contributed by atoms with Gasteiger partial charge in [0.2, 0.25) is 5.91 Å². The van der Waals surface area contributed by atoms with Crippen molar-refractivity contribution < 1.29 is 22.4 Å². The molecule has 0 aliphatic carbocycles. The quantitative estimate of drug-likeness (QED) is 0.442. The molecule has 0 radical (unpaired) electrons. The van der Waals surface area contributed by atoms with Crippen LogP contribution in [-0.2, 0) is 23.7 Å². The average Bonchev–Trinajstić information content (AvgIpc) is 2.80. The summed E-state index contributed by atoms with van der Waals surface area (Å²) in [7, 11) is 1.78. The molecule has 6 nitrogen and oxygen atoms in total. The SMILES string of the molecule is CC(=O)N1CCC(F)(c2cc3/c(=N/[C@H](C)c4cccc(C(F)(F)F)c4C)ncn(C)c3cn2)CC1.Cl.